The van der Waals surface area contributed by atoms with Crippen molar-refractivity contribution >= 4 is 38.8 Å². The quantitative estimate of drug-likeness (QED) is 0.228. The molecule has 0 aliphatic heterocycles. The third-order valence-corrected chi connectivity index (χ3v) is 7.71. The third-order valence-electron chi connectivity index (χ3n) is 6.58. The molecule has 9 nitrogen and oxygen atoms in total. The van der Waals surface area contributed by atoms with Crippen molar-refractivity contribution in [1.29, 1.82) is 0 Å². The van der Waals surface area contributed by atoms with E-state index in [1.807, 2.05) is 45.0 Å². The maximum absolute atomic E-state index is 12.8. The summed E-state index contributed by atoms with van der Waals surface area (Å²) in [4.78, 5) is 27.4. The van der Waals surface area contributed by atoms with Gasteiger partial charge < -0.3 is 14.4 Å². The number of sulfone groups is 1. The molecule has 2 rings (SSSR count). The van der Waals surface area contributed by atoms with E-state index in [1.165, 1.54) is 19.2 Å². The molecular formula is C28H39N3O6S. The molecule has 0 bridgehead atoms. The number of carbonyl (C=O) groups is 2. The molecule has 1 unspecified atom stereocenters. The van der Waals surface area contributed by atoms with Gasteiger partial charge in [0, 0.05) is 18.5 Å². The Morgan fingerprint density at radius 3 is 1.87 bits per heavy atom. The van der Waals surface area contributed by atoms with Crippen LogP contribution >= 0.6 is 0 Å². The average molecular weight is 546 g/mol. The van der Waals surface area contributed by atoms with E-state index in [0.29, 0.717) is 37.3 Å². The van der Waals surface area contributed by atoms with Gasteiger partial charge in [-0.15, -0.1) is 0 Å². The van der Waals surface area contributed by atoms with Crippen molar-refractivity contribution in [2.75, 3.05) is 38.0 Å². The molecule has 2 aromatic carbocycles. The van der Waals surface area contributed by atoms with E-state index in [-0.39, 0.29) is 23.4 Å². The Balaban J connectivity index is 1.96. The van der Waals surface area contributed by atoms with Crippen LogP contribution in [0.25, 0.3) is 0 Å². The molecule has 0 spiro atoms. The molecule has 208 valence electrons. The van der Waals surface area contributed by atoms with E-state index >= 15 is 0 Å². The molecule has 0 fully saturated rings. The minimum Gasteiger partial charge on any atom is -0.469 e. The topological polar surface area (TPSA) is 115 Å². The van der Waals surface area contributed by atoms with Crippen molar-refractivity contribution < 1.29 is 27.5 Å². The van der Waals surface area contributed by atoms with E-state index in [1.54, 1.807) is 26.0 Å². The molecule has 10 heteroatoms. The largest absolute Gasteiger partial charge is 0.469 e. The summed E-state index contributed by atoms with van der Waals surface area (Å²) in [6.45, 7) is 10.7. The van der Waals surface area contributed by atoms with Crippen LogP contribution < -0.4 is 4.90 Å². The van der Waals surface area contributed by atoms with Crippen LogP contribution in [0.5, 0.6) is 0 Å². The second kappa shape index (κ2) is 13.0. The van der Waals surface area contributed by atoms with Gasteiger partial charge in [0.2, 0.25) is 0 Å². The van der Waals surface area contributed by atoms with Gasteiger partial charge in [0.05, 0.1) is 40.8 Å². The first-order valence-corrected chi connectivity index (χ1v) is 14.5. The maximum atomic E-state index is 12.8. The Labute approximate surface area is 226 Å². The molecule has 1 atom stereocenters. The summed E-state index contributed by atoms with van der Waals surface area (Å²) < 4.78 is 33.7. The second-order valence-corrected chi connectivity index (χ2v) is 12.2. The molecule has 0 aliphatic rings. The van der Waals surface area contributed by atoms with Gasteiger partial charge in [0.15, 0.2) is 9.84 Å². The van der Waals surface area contributed by atoms with Gasteiger partial charge in [-0.1, -0.05) is 6.92 Å². The first-order chi connectivity index (χ1) is 17.8. The number of hydrogen-bond donors (Lipinski definition) is 0. The number of methoxy groups -OCH3 is 1. The Kier molecular flexibility index (Phi) is 10.6. The number of benzene rings is 2. The fourth-order valence-corrected chi connectivity index (χ4v) is 4.79. The Morgan fingerprint density at radius 2 is 1.42 bits per heavy atom. The SMILES string of the molecule is CCN(CCOC(=O)C(C)(C)CC(C)(CC)C(=O)OC)c1ccc(N=Nc2ccc(S(C)(=O)=O)cc2)cc1. The van der Waals surface area contributed by atoms with Crippen molar-refractivity contribution in [2.24, 2.45) is 21.1 Å². The summed E-state index contributed by atoms with van der Waals surface area (Å²) in [6.07, 6.45) is 2.05. The van der Waals surface area contributed by atoms with Crippen LogP contribution in [0, 0.1) is 10.8 Å². The van der Waals surface area contributed by atoms with Gasteiger partial charge in [-0.05, 0) is 89.1 Å². The van der Waals surface area contributed by atoms with Crippen molar-refractivity contribution in [2.45, 2.75) is 52.4 Å². The molecule has 0 heterocycles. The second-order valence-electron chi connectivity index (χ2n) is 10.2. The highest BCUT2D eigenvalue weighted by Gasteiger charge is 2.42. The van der Waals surface area contributed by atoms with Gasteiger partial charge in [-0.25, -0.2) is 8.42 Å². The third kappa shape index (κ3) is 8.37. The summed E-state index contributed by atoms with van der Waals surface area (Å²) in [6, 6.07) is 13.7. The van der Waals surface area contributed by atoms with E-state index in [9.17, 15) is 18.0 Å². The lowest BCUT2D eigenvalue weighted by atomic mass is 9.72. The molecule has 38 heavy (non-hydrogen) atoms. The monoisotopic (exact) mass is 545 g/mol. The first-order valence-electron chi connectivity index (χ1n) is 12.6. The zero-order chi connectivity index (χ0) is 28.6. The fourth-order valence-electron chi connectivity index (χ4n) is 4.15. The zero-order valence-corrected chi connectivity index (χ0v) is 24.2. The van der Waals surface area contributed by atoms with Crippen molar-refractivity contribution in [1.82, 2.24) is 0 Å². The van der Waals surface area contributed by atoms with Gasteiger partial charge in [-0.3, -0.25) is 9.59 Å². The zero-order valence-electron chi connectivity index (χ0n) is 23.4. The van der Waals surface area contributed by atoms with Crippen LogP contribution in [-0.4, -0.2) is 53.4 Å². The van der Waals surface area contributed by atoms with E-state index in [2.05, 4.69) is 15.1 Å². The number of esters is 2. The predicted molar refractivity (Wildman–Crippen MR) is 148 cm³/mol. The molecule has 0 aliphatic carbocycles. The van der Waals surface area contributed by atoms with Crippen LogP contribution in [0.1, 0.15) is 47.5 Å². The minimum absolute atomic E-state index is 0.210. The van der Waals surface area contributed by atoms with E-state index in [4.69, 9.17) is 9.47 Å². The number of azo groups is 1. The number of nitrogens with zero attached hydrogens (tertiary/aromatic N) is 3. The van der Waals surface area contributed by atoms with Gasteiger partial charge in [-0.2, -0.15) is 10.2 Å². The number of carbonyl (C=O) groups excluding carboxylic acids is 2. The lowest BCUT2D eigenvalue weighted by Crippen LogP contribution is -2.39. The fraction of sp³-hybridized carbons (Fsp3) is 0.500. The average Bonchev–Trinajstić information content (AvgIpc) is 2.89. The number of likely N-dealkylation sites (N-methyl/N-ethyl adjacent to an activating group) is 1. The molecule has 0 saturated carbocycles. The van der Waals surface area contributed by atoms with E-state index < -0.39 is 20.7 Å². The van der Waals surface area contributed by atoms with Gasteiger partial charge in [0.1, 0.15) is 6.61 Å². The van der Waals surface area contributed by atoms with Crippen LogP contribution in [0.2, 0.25) is 0 Å². The Morgan fingerprint density at radius 1 is 0.895 bits per heavy atom. The lowest BCUT2D eigenvalue weighted by Gasteiger charge is -2.33. The van der Waals surface area contributed by atoms with E-state index in [0.717, 1.165) is 11.9 Å². The van der Waals surface area contributed by atoms with Crippen molar-refractivity contribution in [3.8, 4) is 0 Å². The van der Waals surface area contributed by atoms with Crippen molar-refractivity contribution in [3.63, 3.8) is 0 Å². The molecular weight excluding hydrogens is 506 g/mol. The lowest BCUT2D eigenvalue weighted by molar-refractivity contribution is -0.161. The summed E-state index contributed by atoms with van der Waals surface area (Å²) in [5, 5.41) is 8.38. The molecule has 0 amide bonds. The number of rotatable bonds is 13. The Bertz CT molecular complexity index is 1220. The summed E-state index contributed by atoms with van der Waals surface area (Å²) in [5.41, 5.74) is 0.546. The highest BCUT2D eigenvalue weighted by molar-refractivity contribution is 7.90. The molecule has 2 aromatic rings. The standard InChI is InChI=1S/C28H39N3O6S/c1-8-28(5,26(33)36-6)20-27(3,4)25(32)37-19-18-31(9-2)23-14-10-21(11-15-23)29-30-22-12-16-24(17-13-22)38(7,34)35/h10-17H,8-9,18-20H2,1-7H3. The van der Waals surface area contributed by atoms with Crippen LogP contribution in [0.15, 0.2) is 63.7 Å². The van der Waals surface area contributed by atoms with Crippen LogP contribution in [0.3, 0.4) is 0 Å². The highest BCUT2D eigenvalue weighted by Crippen LogP contribution is 2.38. The molecule has 0 saturated heterocycles. The normalized spacial score (nSPS) is 13.7. The molecule has 0 aromatic heterocycles. The predicted octanol–water partition coefficient (Wildman–Crippen LogP) is 5.88. The van der Waals surface area contributed by atoms with Crippen molar-refractivity contribution in [3.05, 3.63) is 48.5 Å². The van der Waals surface area contributed by atoms with Gasteiger partial charge in [0.25, 0.3) is 0 Å². The van der Waals surface area contributed by atoms with Gasteiger partial charge >= 0.3 is 11.9 Å². The molecule has 0 N–H and O–H groups in total. The minimum atomic E-state index is -3.26. The maximum Gasteiger partial charge on any atom is 0.311 e. The molecule has 0 radical (unpaired) electrons. The van der Waals surface area contributed by atoms with Crippen LogP contribution in [0.4, 0.5) is 17.1 Å². The summed E-state index contributed by atoms with van der Waals surface area (Å²) in [7, 11) is -1.90. The number of ether oxygens (including phenoxy) is 2. The van der Waals surface area contributed by atoms with Crippen LogP contribution in [-0.2, 0) is 28.9 Å². The highest BCUT2D eigenvalue weighted by atomic mass is 32.2. The number of hydrogen-bond acceptors (Lipinski definition) is 9. The first kappa shape index (κ1) is 31.0. The number of anilines is 1. The summed E-state index contributed by atoms with van der Waals surface area (Å²) in [5.74, 6) is -0.677. The Hall–Kier alpha value is -3.27. The summed E-state index contributed by atoms with van der Waals surface area (Å²) >= 11 is 0. The smallest absolute Gasteiger partial charge is 0.311 e.